The number of fused-ring (bicyclic) bond motifs is 1. The minimum Gasteiger partial charge on any atom is -0.359 e. The van der Waals surface area contributed by atoms with Crippen molar-refractivity contribution >= 4 is 28.8 Å². The van der Waals surface area contributed by atoms with Crippen LogP contribution < -0.4 is 0 Å². The average molecular weight is 340 g/mol. The van der Waals surface area contributed by atoms with Gasteiger partial charge in [-0.25, -0.2) is 0 Å². The van der Waals surface area contributed by atoms with E-state index in [-0.39, 0.29) is 29.1 Å². The summed E-state index contributed by atoms with van der Waals surface area (Å²) in [6.45, 7) is 3.94. The molecule has 0 spiro atoms. The van der Waals surface area contributed by atoms with Crippen molar-refractivity contribution in [1.29, 1.82) is 0 Å². The predicted octanol–water partition coefficient (Wildman–Crippen LogP) is 2.38. The van der Waals surface area contributed by atoms with Crippen LogP contribution in [0, 0.1) is 0 Å². The molecule has 1 aromatic rings. The summed E-state index contributed by atoms with van der Waals surface area (Å²) < 4.78 is 11.2. The van der Waals surface area contributed by atoms with Gasteiger partial charge in [0.2, 0.25) is 0 Å². The molecule has 1 aromatic carbocycles. The standard InChI is InChI=1S/C15H17NO3.BrH/c1-11(17)9-16-10-13-5-3-2-4-12(13)8-14(16)15-18-6-7-19-15;/h2-5,8,15H,6-7,9-10H2,1H3;1H. The third-order valence-corrected chi connectivity index (χ3v) is 3.36. The number of ether oxygens (including phenoxy) is 2. The number of hydrogen-bond donors (Lipinski definition) is 0. The number of carbonyl (C=O) groups excluding carboxylic acids is 1. The van der Waals surface area contributed by atoms with Crippen LogP contribution in [0.1, 0.15) is 18.1 Å². The van der Waals surface area contributed by atoms with Crippen molar-refractivity contribution in [3.63, 3.8) is 0 Å². The second kappa shape index (κ2) is 6.52. The Morgan fingerprint density at radius 2 is 2.00 bits per heavy atom. The van der Waals surface area contributed by atoms with Crippen LogP contribution in [-0.2, 0) is 20.8 Å². The maximum atomic E-state index is 11.4. The van der Waals surface area contributed by atoms with Crippen molar-refractivity contribution in [2.24, 2.45) is 0 Å². The molecule has 0 saturated carbocycles. The Hall–Kier alpha value is -1.17. The maximum absolute atomic E-state index is 11.4. The van der Waals surface area contributed by atoms with Crippen LogP contribution in [-0.4, -0.2) is 36.7 Å². The zero-order valence-corrected chi connectivity index (χ0v) is 13.1. The van der Waals surface area contributed by atoms with Gasteiger partial charge in [0, 0.05) is 6.54 Å². The van der Waals surface area contributed by atoms with Gasteiger partial charge in [0.15, 0.2) is 6.29 Å². The van der Waals surface area contributed by atoms with Crippen LogP contribution in [0.25, 0.3) is 6.08 Å². The smallest absolute Gasteiger partial charge is 0.198 e. The highest BCUT2D eigenvalue weighted by Crippen LogP contribution is 2.29. The van der Waals surface area contributed by atoms with Crippen LogP contribution in [0.15, 0.2) is 30.0 Å². The van der Waals surface area contributed by atoms with Gasteiger partial charge in [0.05, 0.1) is 25.5 Å². The number of ketones is 1. The molecule has 0 atom stereocenters. The van der Waals surface area contributed by atoms with Gasteiger partial charge < -0.3 is 14.4 Å². The molecule has 3 rings (SSSR count). The highest BCUT2D eigenvalue weighted by atomic mass is 79.9. The fourth-order valence-electron chi connectivity index (χ4n) is 2.53. The van der Waals surface area contributed by atoms with Gasteiger partial charge in [0.25, 0.3) is 0 Å². The van der Waals surface area contributed by atoms with Crippen LogP contribution in [0.3, 0.4) is 0 Å². The molecule has 1 fully saturated rings. The van der Waals surface area contributed by atoms with Crippen LogP contribution >= 0.6 is 17.0 Å². The van der Waals surface area contributed by atoms with E-state index >= 15 is 0 Å². The molecule has 5 heteroatoms. The van der Waals surface area contributed by atoms with Crippen molar-refractivity contribution in [3.8, 4) is 0 Å². The molecule has 2 heterocycles. The molecule has 1 saturated heterocycles. The zero-order chi connectivity index (χ0) is 13.2. The van der Waals surface area contributed by atoms with Crippen LogP contribution in [0.5, 0.6) is 0 Å². The molecule has 20 heavy (non-hydrogen) atoms. The Kier molecular flexibility index (Phi) is 4.96. The van der Waals surface area contributed by atoms with E-state index in [9.17, 15) is 4.79 Å². The lowest BCUT2D eigenvalue weighted by atomic mass is 10.0. The summed E-state index contributed by atoms with van der Waals surface area (Å²) in [7, 11) is 0. The van der Waals surface area contributed by atoms with E-state index in [0.717, 1.165) is 12.2 Å². The van der Waals surface area contributed by atoms with Crippen molar-refractivity contribution in [2.45, 2.75) is 19.8 Å². The van der Waals surface area contributed by atoms with Gasteiger partial charge in [-0.3, -0.25) is 4.79 Å². The van der Waals surface area contributed by atoms with E-state index in [4.69, 9.17) is 9.47 Å². The number of hydrogen-bond acceptors (Lipinski definition) is 4. The van der Waals surface area contributed by atoms with E-state index in [0.29, 0.717) is 19.8 Å². The van der Waals surface area contributed by atoms with Gasteiger partial charge >= 0.3 is 0 Å². The fraction of sp³-hybridized carbons (Fsp3) is 0.400. The van der Waals surface area contributed by atoms with Gasteiger partial charge in [-0.15, -0.1) is 17.0 Å². The van der Waals surface area contributed by atoms with Crippen molar-refractivity contribution < 1.29 is 14.3 Å². The van der Waals surface area contributed by atoms with Crippen molar-refractivity contribution in [1.82, 2.24) is 4.90 Å². The first-order chi connectivity index (χ1) is 9.24. The Labute approximate surface area is 129 Å². The maximum Gasteiger partial charge on any atom is 0.198 e. The third-order valence-electron chi connectivity index (χ3n) is 3.36. The molecular formula is C15H18BrNO3. The molecular weight excluding hydrogens is 322 g/mol. The zero-order valence-electron chi connectivity index (χ0n) is 11.4. The monoisotopic (exact) mass is 339 g/mol. The summed E-state index contributed by atoms with van der Waals surface area (Å²) in [5, 5.41) is 0. The van der Waals surface area contributed by atoms with Gasteiger partial charge in [-0.2, -0.15) is 0 Å². The average Bonchev–Trinajstić information content (AvgIpc) is 2.91. The number of carbonyl (C=O) groups is 1. The van der Waals surface area contributed by atoms with Crippen molar-refractivity contribution in [3.05, 3.63) is 41.1 Å². The summed E-state index contributed by atoms with van der Waals surface area (Å²) >= 11 is 0. The molecule has 108 valence electrons. The molecule has 0 aliphatic carbocycles. The third kappa shape index (κ3) is 3.11. The second-order valence-electron chi connectivity index (χ2n) is 4.90. The van der Waals surface area contributed by atoms with E-state index in [1.165, 1.54) is 11.1 Å². The molecule has 2 aliphatic rings. The minimum atomic E-state index is -0.340. The fourth-order valence-corrected chi connectivity index (χ4v) is 2.53. The molecule has 2 aliphatic heterocycles. The van der Waals surface area contributed by atoms with E-state index < -0.39 is 0 Å². The summed E-state index contributed by atoms with van der Waals surface area (Å²) in [6, 6.07) is 8.21. The van der Waals surface area contributed by atoms with E-state index in [1.807, 2.05) is 17.0 Å². The number of benzene rings is 1. The molecule has 4 nitrogen and oxygen atoms in total. The Balaban J connectivity index is 0.00000147. The summed E-state index contributed by atoms with van der Waals surface area (Å²) in [5.74, 6) is 0.142. The molecule has 0 bridgehead atoms. The highest BCUT2D eigenvalue weighted by molar-refractivity contribution is 8.93. The van der Waals surface area contributed by atoms with Crippen LogP contribution in [0.2, 0.25) is 0 Å². The van der Waals surface area contributed by atoms with Crippen LogP contribution in [0.4, 0.5) is 0 Å². The molecule has 0 aromatic heterocycles. The topological polar surface area (TPSA) is 38.8 Å². The normalized spacial score (nSPS) is 18.2. The second-order valence-corrected chi connectivity index (χ2v) is 4.90. The van der Waals surface area contributed by atoms with E-state index in [1.54, 1.807) is 6.92 Å². The quantitative estimate of drug-likeness (QED) is 0.847. The summed E-state index contributed by atoms with van der Waals surface area (Å²) in [5.41, 5.74) is 3.35. The first-order valence-corrected chi connectivity index (χ1v) is 6.51. The predicted molar refractivity (Wildman–Crippen MR) is 81.5 cm³/mol. The lowest BCUT2D eigenvalue weighted by Crippen LogP contribution is -2.35. The lowest BCUT2D eigenvalue weighted by molar-refractivity contribution is -0.118. The Morgan fingerprint density at radius 3 is 2.70 bits per heavy atom. The first-order valence-electron chi connectivity index (χ1n) is 6.51. The molecule has 0 N–H and O–H groups in total. The molecule has 0 unspecified atom stereocenters. The number of Topliss-reactive ketones (excluding diaryl/α,β-unsaturated/α-hetero) is 1. The SMILES string of the molecule is Br.CC(=O)CN1Cc2ccccc2C=C1C1OCCO1. The highest BCUT2D eigenvalue weighted by Gasteiger charge is 2.29. The Morgan fingerprint density at radius 1 is 1.30 bits per heavy atom. The lowest BCUT2D eigenvalue weighted by Gasteiger charge is -2.33. The molecule has 0 amide bonds. The first kappa shape index (κ1) is 15.2. The number of halogens is 1. The number of nitrogens with zero attached hydrogens (tertiary/aromatic N) is 1. The summed E-state index contributed by atoms with van der Waals surface area (Å²) in [6.07, 6.45) is 1.73. The van der Waals surface area contributed by atoms with Gasteiger partial charge in [-0.05, 0) is 24.1 Å². The van der Waals surface area contributed by atoms with E-state index in [2.05, 4.69) is 18.2 Å². The molecule has 0 radical (unpaired) electrons. The van der Waals surface area contributed by atoms with Gasteiger partial charge in [-0.1, -0.05) is 24.3 Å². The largest absolute Gasteiger partial charge is 0.359 e. The number of rotatable bonds is 3. The summed E-state index contributed by atoms with van der Waals surface area (Å²) in [4.78, 5) is 13.5. The van der Waals surface area contributed by atoms with Crippen molar-refractivity contribution in [2.75, 3.05) is 19.8 Å². The minimum absolute atomic E-state index is 0. The Bertz CT molecular complexity index is 524. The van der Waals surface area contributed by atoms with Gasteiger partial charge in [0.1, 0.15) is 5.78 Å².